The normalized spacial score (nSPS) is 11.3. The molecule has 1 aromatic heterocycles. The molecule has 1 heterocycles. The van der Waals surface area contributed by atoms with Crippen molar-refractivity contribution < 1.29 is 14.6 Å². The van der Waals surface area contributed by atoms with Crippen LogP contribution in [0.2, 0.25) is 0 Å². The summed E-state index contributed by atoms with van der Waals surface area (Å²) in [6.07, 6.45) is 2.53. The molecule has 0 fully saturated rings. The van der Waals surface area contributed by atoms with Crippen molar-refractivity contribution in [3.05, 3.63) is 53.6 Å². The molecule has 25 heavy (non-hydrogen) atoms. The van der Waals surface area contributed by atoms with Crippen molar-refractivity contribution in [1.29, 1.82) is 0 Å². The van der Waals surface area contributed by atoms with Crippen molar-refractivity contribution >= 4 is 17.1 Å². The van der Waals surface area contributed by atoms with Gasteiger partial charge < -0.3 is 19.1 Å². The number of aryl methyl sites for hydroxylation is 1. The van der Waals surface area contributed by atoms with Gasteiger partial charge >= 0.3 is 0 Å². The van der Waals surface area contributed by atoms with Gasteiger partial charge in [-0.1, -0.05) is 24.3 Å². The maximum absolute atomic E-state index is 10.3. The van der Waals surface area contributed by atoms with E-state index in [0.29, 0.717) is 6.54 Å². The number of aliphatic imine (C=N–C) groups is 1. The Morgan fingerprint density at radius 1 is 1.08 bits per heavy atom. The summed E-state index contributed by atoms with van der Waals surface area (Å²) in [5.41, 5.74) is 2.86. The standard InChI is InChI=1S/C20H22N2O3/c1-22-17-7-5-4-6-15(17)16(20(22)23)13-21-11-10-14-8-9-18(24-2)19(12-14)25-3/h4-9,12-13,23H,10-11H2,1-3H3. The van der Waals surface area contributed by atoms with Crippen molar-refractivity contribution in [2.24, 2.45) is 12.0 Å². The zero-order valence-electron chi connectivity index (χ0n) is 14.7. The van der Waals surface area contributed by atoms with E-state index >= 15 is 0 Å². The Hall–Kier alpha value is -2.95. The van der Waals surface area contributed by atoms with Gasteiger partial charge in [0.1, 0.15) is 0 Å². The number of aromatic hydroxyl groups is 1. The molecule has 0 saturated carbocycles. The van der Waals surface area contributed by atoms with Crippen LogP contribution in [0, 0.1) is 0 Å². The van der Waals surface area contributed by atoms with Crippen molar-refractivity contribution in [1.82, 2.24) is 4.57 Å². The van der Waals surface area contributed by atoms with Gasteiger partial charge in [-0.2, -0.15) is 0 Å². The van der Waals surface area contributed by atoms with Gasteiger partial charge in [0.2, 0.25) is 5.88 Å². The third-order valence-electron chi connectivity index (χ3n) is 4.31. The highest BCUT2D eigenvalue weighted by Crippen LogP contribution is 2.29. The lowest BCUT2D eigenvalue weighted by atomic mass is 10.1. The van der Waals surface area contributed by atoms with E-state index in [1.807, 2.05) is 49.5 Å². The predicted octanol–water partition coefficient (Wildman–Crippen LogP) is 3.56. The Morgan fingerprint density at radius 3 is 2.60 bits per heavy atom. The van der Waals surface area contributed by atoms with Crippen molar-refractivity contribution in [3.63, 3.8) is 0 Å². The van der Waals surface area contributed by atoms with Crippen LogP contribution >= 0.6 is 0 Å². The molecule has 0 saturated heterocycles. The molecule has 3 aromatic rings. The molecule has 5 heteroatoms. The molecular weight excluding hydrogens is 316 g/mol. The fraction of sp³-hybridized carbons (Fsp3) is 0.250. The average Bonchev–Trinajstić information content (AvgIpc) is 2.90. The molecule has 0 spiro atoms. The van der Waals surface area contributed by atoms with E-state index < -0.39 is 0 Å². The average molecular weight is 338 g/mol. The molecule has 0 aliphatic heterocycles. The molecular formula is C20H22N2O3. The highest BCUT2D eigenvalue weighted by atomic mass is 16.5. The molecule has 130 valence electrons. The summed E-state index contributed by atoms with van der Waals surface area (Å²) in [5.74, 6) is 1.67. The van der Waals surface area contributed by atoms with E-state index in [0.717, 1.165) is 39.9 Å². The van der Waals surface area contributed by atoms with E-state index in [2.05, 4.69) is 4.99 Å². The first-order chi connectivity index (χ1) is 12.2. The molecule has 0 bridgehead atoms. The Morgan fingerprint density at radius 2 is 1.84 bits per heavy atom. The van der Waals surface area contributed by atoms with E-state index in [4.69, 9.17) is 9.47 Å². The SMILES string of the molecule is COc1ccc(CCN=Cc2c(O)n(C)c3ccccc23)cc1OC. The summed E-state index contributed by atoms with van der Waals surface area (Å²) >= 11 is 0. The molecule has 0 aliphatic rings. The minimum absolute atomic E-state index is 0.232. The molecule has 0 amide bonds. The maximum Gasteiger partial charge on any atom is 0.200 e. The Labute approximate surface area is 147 Å². The van der Waals surface area contributed by atoms with Crippen molar-refractivity contribution in [3.8, 4) is 17.4 Å². The summed E-state index contributed by atoms with van der Waals surface area (Å²) in [4.78, 5) is 4.49. The lowest BCUT2D eigenvalue weighted by molar-refractivity contribution is 0.354. The zero-order chi connectivity index (χ0) is 17.8. The number of methoxy groups -OCH3 is 2. The summed E-state index contributed by atoms with van der Waals surface area (Å²) < 4.78 is 12.3. The van der Waals surface area contributed by atoms with Gasteiger partial charge in [0.15, 0.2) is 11.5 Å². The third kappa shape index (κ3) is 3.31. The van der Waals surface area contributed by atoms with Gasteiger partial charge in [0.05, 0.1) is 25.3 Å². The van der Waals surface area contributed by atoms with Crippen LogP contribution in [0.25, 0.3) is 10.9 Å². The highest BCUT2D eigenvalue weighted by molar-refractivity contribution is 6.02. The number of hydrogen-bond donors (Lipinski definition) is 1. The quantitative estimate of drug-likeness (QED) is 0.699. The van der Waals surface area contributed by atoms with Gasteiger partial charge in [-0.05, 0) is 30.2 Å². The molecule has 0 atom stereocenters. The lowest BCUT2D eigenvalue weighted by Gasteiger charge is -2.08. The van der Waals surface area contributed by atoms with Gasteiger partial charge in [-0.15, -0.1) is 0 Å². The van der Waals surface area contributed by atoms with Gasteiger partial charge in [-0.25, -0.2) is 0 Å². The van der Waals surface area contributed by atoms with E-state index in [-0.39, 0.29) is 5.88 Å². The largest absolute Gasteiger partial charge is 0.494 e. The van der Waals surface area contributed by atoms with Gasteiger partial charge in [-0.3, -0.25) is 4.99 Å². The van der Waals surface area contributed by atoms with Crippen LogP contribution in [0.5, 0.6) is 17.4 Å². The number of para-hydroxylation sites is 1. The zero-order valence-corrected chi connectivity index (χ0v) is 14.7. The lowest BCUT2D eigenvalue weighted by Crippen LogP contribution is -1.95. The molecule has 0 radical (unpaired) electrons. The second kappa shape index (κ2) is 7.30. The van der Waals surface area contributed by atoms with Gasteiger partial charge in [0, 0.05) is 25.2 Å². The Balaban J connectivity index is 1.74. The molecule has 0 unspecified atom stereocenters. The summed E-state index contributed by atoms with van der Waals surface area (Å²) in [5, 5.41) is 11.3. The molecule has 1 N–H and O–H groups in total. The summed E-state index contributed by atoms with van der Waals surface area (Å²) in [7, 11) is 5.10. The van der Waals surface area contributed by atoms with Crippen LogP contribution < -0.4 is 9.47 Å². The Kier molecular flexibility index (Phi) is 4.93. The molecule has 3 rings (SSSR count). The fourth-order valence-corrected chi connectivity index (χ4v) is 2.92. The maximum atomic E-state index is 10.3. The summed E-state index contributed by atoms with van der Waals surface area (Å²) in [6.45, 7) is 0.623. The minimum atomic E-state index is 0.232. The van der Waals surface area contributed by atoms with E-state index in [1.165, 1.54) is 0 Å². The van der Waals surface area contributed by atoms with E-state index in [1.54, 1.807) is 25.0 Å². The number of ether oxygens (including phenoxy) is 2. The number of rotatable bonds is 6. The van der Waals surface area contributed by atoms with Crippen molar-refractivity contribution in [2.75, 3.05) is 20.8 Å². The number of hydrogen-bond acceptors (Lipinski definition) is 4. The van der Waals surface area contributed by atoms with Crippen LogP contribution in [0.3, 0.4) is 0 Å². The van der Waals surface area contributed by atoms with Crippen molar-refractivity contribution in [2.45, 2.75) is 6.42 Å². The monoisotopic (exact) mass is 338 g/mol. The Bertz CT molecular complexity index is 913. The van der Waals surface area contributed by atoms with Crippen LogP contribution in [-0.4, -0.2) is 36.7 Å². The van der Waals surface area contributed by atoms with E-state index in [9.17, 15) is 5.11 Å². The molecule has 5 nitrogen and oxygen atoms in total. The number of nitrogens with zero attached hydrogens (tertiary/aromatic N) is 2. The number of aromatic nitrogens is 1. The minimum Gasteiger partial charge on any atom is -0.494 e. The van der Waals surface area contributed by atoms with Gasteiger partial charge in [0.25, 0.3) is 0 Å². The predicted molar refractivity (Wildman–Crippen MR) is 100 cm³/mol. The third-order valence-corrected chi connectivity index (χ3v) is 4.31. The topological polar surface area (TPSA) is 56.0 Å². The number of benzene rings is 2. The second-order valence-electron chi connectivity index (χ2n) is 5.79. The first kappa shape index (κ1) is 16.9. The van der Waals surface area contributed by atoms with Crippen LogP contribution in [0.4, 0.5) is 0 Å². The smallest absolute Gasteiger partial charge is 0.200 e. The number of fused-ring (bicyclic) bond motifs is 1. The molecule has 2 aromatic carbocycles. The van der Waals surface area contributed by atoms with Crippen LogP contribution in [0.1, 0.15) is 11.1 Å². The van der Waals surface area contributed by atoms with Crippen LogP contribution in [-0.2, 0) is 13.5 Å². The molecule has 0 aliphatic carbocycles. The second-order valence-corrected chi connectivity index (χ2v) is 5.79. The first-order valence-corrected chi connectivity index (χ1v) is 8.12. The first-order valence-electron chi connectivity index (χ1n) is 8.12. The fourth-order valence-electron chi connectivity index (χ4n) is 2.92. The summed E-state index contributed by atoms with van der Waals surface area (Å²) in [6, 6.07) is 13.8. The highest BCUT2D eigenvalue weighted by Gasteiger charge is 2.11. The van der Waals surface area contributed by atoms with Crippen LogP contribution in [0.15, 0.2) is 47.5 Å².